The summed E-state index contributed by atoms with van der Waals surface area (Å²) in [6, 6.07) is 6.22. The Morgan fingerprint density at radius 3 is 2.08 bits per heavy atom. The normalized spacial score (nSPS) is 16.8. The highest BCUT2D eigenvalue weighted by Gasteiger charge is 2.44. The molecule has 1 N–H and O–H groups in total. The molecule has 1 heterocycles. The van der Waals surface area contributed by atoms with Gasteiger partial charge in [-0.2, -0.15) is 17.6 Å². The third-order valence-corrected chi connectivity index (χ3v) is 4.06. The number of hydrogen-bond acceptors (Lipinski definition) is 3. The SMILES string of the molecule is CC(C)C[C@H](c1ccc(OC(F)(F)C(F)F)cc1)N1CCNCC1.Cl.Cl. The van der Waals surface area contributed by atoms with Crippen molar-refractivity contribution in [3.8, 4) is 5.75 Å². The maximum Gasteiger partial charge on any atom is 0.461 e. The second-order valence-electron chi connectivity index (χ2n) is 6.46. The Morgan fingerprint density at radius 1 is 1.08 bits per heavy atom. The summed E-state index contributed by atoms with van der Waals surface area (Å²) < 4.78 is 54.5. The summed E-state index contributed by atoms with van der Waals surface area (Å²) in [4.78, 5) is 2.36. The van der Waals surface area contributed by atoms with Crippen LogP contribution in [0.25, 0.3) is 0 Å². The Bertz CT molecular complexity index is 512. The number of nitrogens with one attached hydrogen (secondary N) is 1. The zero-order valence-corrected chi connectivity index (χ0v) is 16.4. The van der Waals surface area contributed by atoms with Crippen molar-refractivity contribution in [2.45, 2.75) is 38.8 Å². The minimum Gasteiger partial charge on any atom is -0.428 e. The highest BCUT2D eigenvalue weighted by Crippen LogP contribution is 2.31. The van der Waals surface area contributed by atoms with Gasteiger partial charge in [-0.15, -0.1) is 24.8 Å². The van der Waals surface area contributed by atoms with E-state index in [0.717, 1.165) is 38.2 Å². The Morgan fingerprint density at radius 2 is 1.62 bits per heavy atom. The van der Waals surface area contributed by atoms with Crippen LogP contribution in [0.1, 0.15) is 31.9 Å². The van der Waals surface area contributed by atoms with Crippen LogP contribution in [-0.4, -0.2) is 43.6 Å². The molecule has 1 aromatic carbocycles. The molecule has 0 bridgehead atoms. The average molecular weight is 421 g/mol. The standard InChI is InChI=1S/C17H24F4N2O.2ClH/c1-12(2)11-15(23-9-7-22-8-10-23)13-3-5-14(6-4-13)24-17(20,21)16(18)19;;/h3-6,12,15-16,22H,7-11H2,1-2H3;2*1H/t15-;;/m1../s1. The van der Waals surface area contributed by atoms with Gasteiger partial charge >= 0.3 is 12.5 Å². The predicted molar refractivity (Wildman–Crippen MR) is 99.2 cm³/mol. The number of nitrogens with zero attached hydrogens (tertiary/aromatic N) is 1. The second-order valence-corrected chi connectivity index (χ2v) is 6.46. The van der Waals surface area contributed by atoms with E-state index in [0.29, 0.717) is 5.92 Å². The summed E-state index contributed by atoms with van der Waals surface area (Å²) in [6.45, 7) is 7.93. The molecule has 1 aromatic rings. The van der Waals surface area contributed by atoms with Gasteiger partial charge in [-0.1, -0.05) is 26.0 Å². The maximum atomic E-state index is 13.0. The van der Waals surface area contributed by atoms with Crippen molar-refractivity contribution in [2.24, 2.45) is 5.92 Å². The van der Waals surface area contributed by atoms with Gasteiger partial charge in [-0.05, 0) is 30.0 Å². The number of piperazine rings is 1. The first-order valence-corrected chi connectivity index (χ1v) is 8.19. The molecule has 1 aliphatic heterocycles. The van der Waals surface area contributed by atoms with E-state index in [9.17, 15) is 17.6 Å². The van der Waals surface area contributed by atoms with Crippen molar-refractivity contribution in [2.75, 3.05) is 26.2 Å². The zero-order chi connectivity index (χ0) is 17.7. The highest BCUT2D eigenvalue weighted by atomic mass is 35.5. The molecule has 1 saturated heterocycles. The Balaban J connectivity index is 0.00000312. The van der Waals surface area contributed by atoms with Crippen LogP contribution in [0.5, 0.6) is 5.75 Å². The fraction of sp³-hybridized carbons (Fsp3) is 0.647. The molecule has 1 atom stereocenters. The number of alkyl halides is 4. The third-order valence-electron chi connectivity index (χ3n) is 4.06. The first kappa shape index (κ1) is 25.2. The third kappa shape index (κ3) is 7.10. The molecule has 0 aromatic heterocycles. The predicted octanol–water partition coefficient (Wildman–Crippen LogP) is 4.76. The molecule has 1 aliphatic rings. The summed E-state index contributed by atoms with van der Waals surface area (Å²) in [5.41, 5.74) is 0.985. The van der Waals surface area contributed by atoms with Crippen LogP contribution in [-0.2, 0) is 0 Å². The molecule has 1 fully saturated rings. The van der Waals surface area contributed by atoms with Gasteiger partial charge in [0.25, 0.3) is 0 Å². The van der Waals surface area contributed by atoms with E-state index < -0.39 is 12.5 Å². The van der Waals surface area contributed by atoms with Crippen molar-refractivity contribution in [3.63, 3.8) is 0 Å². The van der Waals surface area contributed by atoms with Crippen LogP contribution in [0.2, 0.25) is 0 Å². The van der Waals surface area contributed by atoms with Crippen molar-refractivity contribution in [3.05, 3.63) is 29.8 Å². The zero-order valence-electron chi connectivity index (χ0n) is 14.8. The molecule has 0 unspecified atom stereocenters. The fourth-order valence-electron chi connectivity index (χ4n) is 2.90. The van der Waals surface area contributed by atoms with Crippen LogP contribution in [0.4, 0.5) is 17.6 Å². The molecule has 9 heteroatoms. The minimum absolute atomic E-state index is 0. The minimum atomic E-state index is -4.47. The van der Waals surface area contributed by atoms with E-state index in [1.165, 1.54) is 12.1 Å². The number of benzene rings is 1. The van der Waals surface area contributed by atoms with Crippen molar-refractivity contribution in [1.29, 1.82) is 0 Å². The summed E-state index contributed by atoms with van der Waals surface area (Å²) in [5.74, 6) is 0.219. The number of rotatable bonds is 7. The largest absolute Gasteiger partial charge is 0.461 e. The Kier molecular flexibility index (Phi) is 10.8. The second kappa shape index (κ2) is 11.2. The number of ether oxygens (including phenoxy) is 1. The van der Waals surface area contributed by atoms with Gasteiger partial charge in [0.05, 0.1) is 0 Å². The summed E-state index contributed by atoms with van der Waals surface area (Å²) in [7, 11) is 0. The van der Waals surface area contributed by atoms with E-state index in [4.69, 9.17) is 0 Å². The topological polar surface area (TPSA) is 24.5 Å². The van der Waals surface area contributed by atoms with Gasteiger partial charge in [0.15, 0.2) is 0 Å². The van der Waals surface area contributed by atoms with E-state index in [1.807, 2.05) is 0 Å². The van der Waals surface area contributed by atoms with Crippen molar-refractivity contribution in [1.82, 2.24) is 10.2 Å². The molecule has 0 saturated carbocycles. The van der Waals surface area contributed by atoms with Crippen LogP contribution >= 0.6 is 24.8 Å². The molecule has 0 amide bonds. The van der Waals surface area contributed by atoms with E-state index in [1.54, 1.807) is 12.1 Å². The first-order valence-electron chi connectivity index (χ1n) is 8.19. The Hall–Kier alpha value is -0.760. The van der Waals surface area contributed by atoms with Gasteiger partial charge in [-0.25, -0.2) is 0 Å². The monoisotopic (exact) mass is 420 g/mol. The maximum absolute atomic E-state index is 13.0. The molecule has 26 heavy (non-hydrogen) atoms. The molecular weight excluding hydrogens is 395 g/mol. The molecule has 0 spiro atoms. The summed E-state index contributed by atoms with van der Waals surface area (Å²) in [6.07, 6.45) is -7.39. The van der Waals surface area contributed by atoms with Crippen LogP contribution < -0.4 is 10.1 Å². The van der Waals surface area contributed by atoms with Crippen LogP contribution in [0.3, 0.4) is 0 Å². The molecule has 152 valence electrons. The van der Waals surface area contributed by atoms with E-state index in [2.05, 4.69) is 28.8 Å². The highest BCUT2D eigenvalue weighted by molar-refractivity contribution is 5.85. The molecule has 0 radical (unpaired) electrons. The first-order chi connectivity index (χ1) is 11.3. The summed E-state index contributed by atoms with van der Waals surface area (Å²) in [5, 5.41) is 3.30. The van der Waals surface area contributed by atoms with Gasteiger partial charge in [-0.3, -0.25) is 4.90 Å². The Labute approximate surface area is 164 Å². The lowest BCUT2D eigenvalue weighted by molar-refractivity contribution is -0.253. The lowest BCUT2D eigenvalue weighted by Gasteiger charge is -2.36. The van der Waals surface area contributed by atoms with Crippen molar-refractivity contribution >= 4 is 24.8 Å². The van der Waals surface area contributed by atoms with E-state index in [-0.39, 0.29) is 36.6 Å². The summed E-state index contributed by atoms with van der Waals surface area (Å²) >= 11 is 0. The van der Waals surface area contributed by atoms with E-state index >= 15 is 0 Å². The molecule has 2 rings (SSSR count). The fourth-order valence-corrected chi connectivity index (χ4v) is 2.90. The van der Waals surface area contributed by atoms with Gasteiger partial charge < -0.3 is 10.1 Å². The van der Waals surface area contributed by atoms with Gasteiger partial charge in [0.2, 0.25) is 0 Å². The lowest BCUT2D eigenvalue weighted by atomic mass is 9.95. The average Bonchev–Trinajstić information content (AvgIpc) is 2.54. The molecule has 3 nitrogen and oxygen atoms in total. The number of hydrogen-bond donors (Lipinski definition) is 1. The van der Waals surface area contributed by atoms with Crippen molar-refractivity contribution < 1.29 is 22.3 Å². The van der Waals surface area contributed by atoms with Gasteiger partial charge in [0, 0.05) is 32.2 Å². The quantitative estimate of drug-likeness (QED) is 0.643. The van der Waals surface area contributed by atoms with Gasteiger partial charge in [0.1, 0.15) is 5.75 Å². The van der Waals surface area contributed by atoms with Crippen LogP contribution in [0.15, 0.2) is 24.3 Å². The molecular formula is C17H26Cl2F4N2O. The number of halogens is 6. The molecule has 0 aliphatic carbocycles. The smallest absolute Gasteiger partial charge is 0.428 e. The van der Waals surface area contributed by atoms with Crippen LogP contribution in [0, 0.1) is 5.92 Å². The lowest BCUT2D eigenvalue weighted by Crippen LogP contribution is -2.45.